The van der Waals surface area contributed by atoms with Crippen molar-refractivity contribution in [1.82, 2.24) is 25.1 Å². The molecule has 0 spiro atoms. The molecular weight excluding hydrogens is 264 g/mol. The smallest absolute Gasteiger partial charge is 0.152 e. The summed E-state index contributed by atoms with van der Waals surface area (Å²) >= 11 is 0. The maximum absolute atomic E-state index is 4.60. The van der Waals surface area contributed by atoms with E-state index in [2.05, 4.69) is 55.9 Å². The second kappa shape index (κ2) is 6.22. The summed E-state index contributed by atoms with van der Waals surface area (Å²) in [7, 11) is 0. The lowest BCUT2D eigenvalue weighted by Crippen LogP contribution is -2.33. The third-order valence-corrected chi connectivity index (χ3v) is 3.92. The summed E-state index contributed by atoms with van der Waals surface area (Å²) < 4.78 is 2.11. The molecule has 112 valence electrons. The fourth-order valence-electron chi connectivity index (χ4n) is 2.59. The minimum atomic E-state index is 0.295. The average molecular weight is 286 g/mol. The normalized spacial score (nSPS) is 15.8. The number of hydrogen-bond acceptors (Lipinski definition) is 5. The number of anilines is 1. The van der Waals surface area contributed by atoms with Gasteiger partial charge < -0.3 is 14.8 Å². The van der Waals surface area contributed by atoms with Crippen LogP contribution in [0.1, 0.15) is 37.8 Å². The highest BCUT2D eigenvalue weighted by Crippen LogP contribution is 2.20. The van der Waals surface area contributed by atoms with Crippen molar-refractivity contribution in [3.05, 3.63) is 36.2 Å². The van der Waals surface area contributed by atoms with E-state index in [1.807, 2.05) is 6.20 Å². The first-order chi connectivity index (χ1) is 10.3. The van der Waals surface area contributed by atoms with Gasteiger partial charge in [-0.1, -0.05) is 6.92 Å². The quantitative estimate of drug-likeness (QED) is 0.907. The van der Waals surface area contributed by atoms with Crippen LogP contribution >= 0.6 is 0 Å². The number of rotatable bonds is 5. The molecular formula is C15H22N6. The van der Waals surface area contributed by atoms with Crippen LogP contribution in [-0.2, 0) is 13.1 Å². The Bertz CT molecular complexity index is 576. The molecule has 2 aromatic rings. The van der Waals surface area contributed by atoms with Crippen molar-refractivity contribution >= 4 is 5.69 Å². The molecule has 0 aliphatic carbocycles. The number of aromatic nitrogens is 4. The molecule has 21 heavy (non-hydrogen) atoms. The Hall–Kier alpha value is -1.95. The highest BCUT2D eigenvalue weighted by Gasteiger charge is 2.18. The standard InChI is InChI=1S/C15H22N6/c1-3-6-16-12(2)14-5-4-13(9-17-14)20-7-8-21-11-18-19-15(21)10-20/h4-5,9,11-12,16H,3,6-8,10H2,1-2H3. The molecule has 1 unspecified atom stereocenters. The fourth-order valence-corrected chi connectivity index (χ4v) is 2.59. The van der Waals surface area contributed by atoms with Gasteiger partial charge in [0.05, 0.1) is 24.1 Å². The topological polar surface area (TPSA) is 58.9 Å². The summed E-state index contributed by atoms with van der Waals surface area (Å²) in [5, 5.41) is 11.6. The van der Waals surface area contributed by atoms with Crippen LogP contribution in [-0.4, -0.2) is 32.8 Å². The number of hydrogen-bond donors (Lipinski definition) is 1. The molecule has 3 heterocycles. The summed E-state index contributed by atoms with van der Waals surface area (Å²) in [6, 6.07) is 4.56. The van der Waals surface area contributed by atoms with E-state index >= 15 is 0 Å². The Morgan fingerprint density at radius 1 is 1.33 bits per heavy atom. The van der Waals surface area contributed by atoms with Gasteiger partial charge in [-0.25, -0.2) is 0 Å². The van der Waals surface area contributed by atoms with E-state index in [0.29, 0.717) is 6.04 Å². The largest absolute Gasteiger partial charge is 0.361 e. The minimum Gasteiger partial charge on any atom is -0.361 e. The van der Waals surface area contributed by atoms with Crippen molar-refractivity contribution in [3.63, 3.8) is 0 Å². The van der Waals surface area contributed by atoms with Crippen molar-refractivity contribution in [3.8, 4) is 0 Å². The van der Waals surface area contributed by atoms with Crippen molar-refractivity contribution < 1.29 is 0 Å². The zero-order valence-electron chi connectivity index (χ0n) is 12.7. The minimum absolute atomic E-state index is 0.295. The van der Waals surface area contributed by atoms with Gasteiger partial charge in [0.15, 0.2) is 5.82 Å². The lowest BCUT2D eigenvalue weighted by atomic mass is 10.2. The summed E-state index contributed by atoms with van der Waals surface area (Å²) in [4.78, 5) is 6.90. The van der Waals surface area contributed by atoms with Gasteiger partial charge in [-0.05, 0) is 32.0 Å². The van der Waals surface area contributed by atoms with Gasteiger partial charge in [-0.2, -0.15) is 0 Å². The van der Waals surface area contributed by atoms with Crippen LogP contribution in [0.2, 0.25) is 0 Å². The van der Waals surface area contributed by atoms with Crippen molar-refractivity contribution in [1.29, 1.82) is 0 Å². The van der Waals surface area contributed by atoms with Gasteiger partial charge >= 0.3 is 0 Å². The van der Waals surface area contributed by atoms with Gasteiger partial charge in [-0.3, -0.25) is 4.98 Å². The van der Waals surface area contributed by atoms with Crippen LogP contribution in [0.4, 0.5) is 5.69 Å². The molecule has 0 aromatic carbocycles. The van der Waals surface area contributed by atoms with Crippen LogP contribution in [0.15, 0.2) is 24.7 Å². The molecule has 1 aliphatic rings. The molecule has 6 heteroatoms. The predicted octanol–water partition coefficient (Wildman–Crippen LogP) is 1.75. The van der Waals surface area contributed by atoms with Crippen LogP contribution in [0.5, 0.6) is 0 Å². The summed E-state index contributed by atoms with van der Waals surface area (Å²) in [5.41, 5.74) is 2.24. The van der Waals surface area contributed by atoms with E-state index in [9.17, 15) is 0 Å². The monoisotopic (exact) mass is 286 g/mol. The Labute approximate surface area is 125 Å². The van der Waals surface area contributed by atoms with Crippen LogP contribution in [0.25, 0.3) is 0 Å². The van der Waals surface area contributed by atoms with Crippen LogP contribution in [0.3, 0.4) is 0 Å². The number of nitrogens with zero attached hydrogens (tertiary/aromatic N) is 5. The number of fused-ring (bicyclic) bond motifs is 1. The molecule has 1 atom stereocenters. The number of pyridine rings is 1. The summed E-state index contributed by atoms with van der Waals surface area (Å²) in [6.07, 6.45) is 4.90. The summed E-state index contributed by atoms with van der Waals surface area (Å²) in [5.74, 6) is 1.02. The molecule has 0 radical (unpaired) electrons. The molecule has 1 aliphatic heterocycles. The van der Waals surface area contributed by atoms with E-state index in [1.54, 1.807) is 6.33 Å². The highest BCUT2D eigenvalue weighted by molar-refractivity contribution is 5.45. The molecule has 6 nitrogen and oxygen atoms in total. The van der Waals surface area contributed by atoms with E-state index in [4.69, 9.17) is 0 Å². The zero-order chi connectivity index (χ0) is 14.7. The molecule has 3 rings (SSSR count). The van der Waals surface area contributed by atoms with E-state index < -0.39 is 0 Å². The maximum atomic E-state index is 4.60. The Morgan fingerprint density at radius 2 is 2.24 bits per heavy atom. The SMILES string of the molecule is CCCNC(C)c1ccc(N2CCn3cnnc3C2)cn1. The van der Waals surface area contributed by atoms with E-state index in [0.717, 1.165) is 49.8 Å². The first-order valence-corrected chi connectivity index (χ1v) is 7.59. The summed E-state index contributed by atoms with van der Waals surface area (Å²) in [6.45, 7) is 8.04. The molecule has 0 bridgehead atoms. The third-order valence-electron chi connectivity index (χ3n) is 3.92. The lowest BCUT2D eigenvalue weighted by Gasteiger charge is -2.28. The molecule has 0 amide bonds. The fraction of sp³-hybridized carbons (Fsp3) is 0.533. The lowest BCUT2D eigenvalue weighted by molar-refractivity contribution is 0.552. The predicted molar refractivity (Wildman–Crippen MR) is 82.0 cm³/mol. The Kier molecular flexibility index (Phi) is 4.15. The van der Waals surface area contributed by atoms with Crippen molar-refractivity contribution in [2.75, 3.05) is 18.0 Å². The van der Waals surface area contributed by atoms with E-state index in [-0.39, 0.29) is 0 Å². The van der Waals surface area contributed by atoms with E-state index in [1.165, 1.54) is 0 Å². The van der Waals surface area contributed by atoms with Crippen molar-refractivity contribution in [2.45, 2.75) is 39.4 Å². The van der Waals surface area contributed by atoms with Gasteiger partial charge in [-0.15, -0.1) is 10.2 Å². The molecule has 2 aromatic heterocycles. The maximum Gasteiger partial charge on any atom is 0.152 e. The van der Waals surface area contributed by atoms with Crippen LogP contribution in [0, 0.1) is 0 Å². The average Bonchev–Trinajstić information content (AvgIpc) is 3.00. The zero-order valence-corrected chi connectivity index (χ0v) is 12.7. The second-order valence-corrected chi connectivity index (χ2v) is 5.48. The first kappa shape index (κ1) is 14.0. The molecule has 1 N–H and O–H groups in total. The highest BCUT2D eigenvalue weighted by atomic mass is 15.3. The third kappa shape index (κ3) is 3.05. The first-order valence-electron chi connectivity index (χ1n) is 7.59. The number of nitrogens with one attached hydrogen (secondary N) is 1. The Morgan fingerprint density at radius 3 is 3.00 bits per heavy atom. The molecule has 0 fully saturated rings. The second-order valence-electron chi connectivity index (χ2n) is 5.48. The molecule has 0 saturated carbocycles. The Balaban J connectivity index is 1.67. The van der Waals surface area contributed by atoms with Crippen LogP contribution < -0.4 is 10.2 Å². The van der Waals surface area contributed by atoms with Crippen molar-refractivity contribution in [2.24, 2.45) is 0 Å². The van der Waals surface area contributed by atoms with Gasteiger partial charge in [0, 0.05) is 19.1 Å². The van der Waals surface area contributed by atoms with Gasteiger partial charge in [0.25, 0.3) is 0 Å². The van der Waals surface area contributed by atoms with Gasteiger partial charge in [0.2, 0.25) is 0 Å². The van der Waals surface area contributed by atoms with Gasteiger partial charge in [0.1, 0.15) is 6.33 Å². The molecule has 0 saturated heterocycles.